The van der Waals surface area contributed by atoms with E-state index in [0.29, 0.717) is 23.9 Å². The van der Waals surface area contributed by atoms with E-state index in [1.807, 2.05) is 0 Å². The Hall–Kier alpha value is -1.37. The minimum absolute atomic E-state index is 0.0762. The van der Waals surface area contributed by atoms with E-state index < -0.39 is 0 Å². The number of carbonyl (C=O) groups excluding carboxylic acids is 1. The Balaban J connectivity index is 2.18. The Bertz CT molecular complexity index is 469. The molecule has 1 amide bonds. The standard InChI is InChI=1S/C12H17ClN4O2/c1-19-8-3-2-6-17(7-8)12(18)11-9(13)4-5-10(15-11)16-14/h4-5,8H,2-3,6-7,14H2,1H3,(H,15,16). The number of rotatable bonds is 3. The largest absolute Gasteiger partial charge is 0.380 e. The van der Waals surface area contributed by atoms with Gasteiger partial charge in [-0.15, -0.1) is 0 Å². The normalized spacial score (nSPS) is 19.3. The number of nitrogen functional groups attached to an aromatic ring is 1. The van der Waals surface area contributed by atoms with Gasteiger partial charge in [0.25, 0.3) is 5.91 Å². The molecule has 1 atom stereocenters. The van der Waals surface area contributed by atoms with Crippen LogP contribution in [0.5, 0.6) is 0 Å². The number of carbonyl (C=O) groups is 1. The molecule has 1 fully saturated rings. The predicted molar refractivity (Wildman–Crippen MR) is 73.0 cm³/mol. The molecule has 104 valence electrons. The maximum absolute atomic E-state index is 12.4. The van der Waals surface area contributed by atoms with E-state index in [2.05, 4.69) is 10.4 Å². The highest BCUT2D eigenvalue weighted by Crippen LogP contribution is 2.21. The number of pyridine rings is 1. The number of amides is 1. The van der Waals surface area contributed by atoms with Gasteiger partial charge in [0.15, 0.2) is 0 Å². The minimum atomic E-state index is -0.191. The Labute approximate surface area is 116 Å². The number of piperidine rings is 1. The highest BCUT2D eigenvalue weighted by atomic mass is 35.5. The van der Waals surface area contributed by atoms with Crippen molar-refractivity contribution in [3.05, 3.63) is 22.8 Å². The first-order chi connectivity index (χ1) is 9.15. The quantitative estimate of drug-likeness (QED) is 0.645. The summed E-state index contributed by atoms with van der Waals surface area (Å²) in [5.74, 6) is 5.51. The topological polar surface area (TPSA) is 80.5 Å². The van der Waals surface area contributed by atoms with Gasteiger partial charge in [-0.3, -0.25) is 4.79 Å². The maximum Gasteiger partial charge on any atom is 0.274 e. The minimum Gasteiger partial charge on any atom is -0.380 e. The van der Waals surface area contributed by atoms with Crippen molar-refractivity contribution < 1.29 is 9.53 Å². The summed E-state index contributed by atoms with van der Waals surface area (Å²) in [7, 11) is 1.66. The van der Waals surface area contributed by atoms with Crippen molar-refractivity contribution in [3.8, 4) is 0 Å². The third kappa shape index (κ3) is 3.15. The van der Waals surface area contributed by atoms with Gasteiger partial charge in [0.2, 0.25) is 0 Å². The second kappa shape index (κ2) is 6.18. The zero-order chi connectivity index (χ0) is 13.8. The highest BCUT2D eigenvalue weighted by molar-refractivity contribution is 6.33. The summed E-state index contributed by atoms with van der Waals surface area (Å²) in [6.45, 7) is 1.25. The highest BCUT2D eigenvalue weighted by Gasteiger charge is 2.26. The average molecular weight is 285 g/mol. The monoisotopic (exact) mass is 284 g/mol. The van der Waals surface area contributed by atoms with E-state index in [9.17, 15) is 4.79 Å². The van der Waals surface area contributed by atoms with Crippen molar-refractivity contribution in [1.29, 1.82) is 0 Å². The molecule has 1 saturated heterocycles. The van der Waals surface area contributed by atoms with Gasteiger partial charge in [-0.2, -0.15) is 0 Å². The smallest absolute Gasteiger partial charge is 0.274 e. The van der Waals surface area contributed by atoms with Crippen molar-refractivity contribution in [1.82, 2.24) is 9.88 Å². The number of ether oxygens (including phenoxy) is 1. The number of nitrogens with zero attached hydrogens (tertiary/aromatic N) is 2. The number of anilines is 1. The van der Waals surface area contributed by atoms with Crippen molar-refractivity contribution in [2.24, 2.45) is 5.84 Å². The van der Waals surface area contributed by atoms with E-state index in [-0.39, 0.29) is 17.7 Å². The second-order valence-corrected chi connectivity index (χ2v) is 4.83. The van der Waals surface area contributed by atoms with Crippen LogP contribution in [-0.4, -0.2) is 42.1 Å². The van der Waals surface area contributed by atoms with Crippen LogP contribution in [0.4, 0.5) is 5.82 Å². The lowest BCUT2D eigenvalue weighted by atomic mass is 10.1. The number of halogens is 1. The van der Waals surface area contributed by atoms with Gasteiger partial charge in [-0.1, -0.05) is 11.6 Å². The molecule has 6 nitrogen and oxygen atoms in total. The molecular weight excluding hydrogens is 268 g/mol. The lowest BCUT2D eigenvalue weighted by molar-refractivity contribution is 0.0266. The molecule has 2 rings (SSSR count). The molecule has 2 heterocycles. The van der Waals surface area contributed by atoms with Crippen molar-refractivity contribution >= 4 is 23.3 Å². The van der Waals surface area contributed by atoms with Gasteiger partial charge in [-0.05, 0) is 25.0 Å². The molecule has 3 N–H and O–H groups in total. The fourth-order valence-corrected chi connectivity index (χ4v) is 2.32. The number of nitrogens with two attached hydrogens (primary N) is 1. The number of aromatic nitrogens is 1. The molecule has 0 aliphatic carbocycles. The third-order valence-corrected chi connectivity index (χ3v) is 3.50. The van der Waals surface area contributed by atoms with Crippen LogP contribution in [0.2, 0.25) is 5.02 Å². The molecule has 7 heteroatoms. The van der Waals surface area contributed by atoms with Crippen LogP contribution in [0, 0.1) is 0 Å². The maximum atomic E-state index is 12.4. The zero-order valence-electron chi connectivity index (χ0n) is 10.7. The molecular formula is C12H17ClN4O2. The van der Waals surface area contributed by atoms with Gasteiger partial charge in [0.05, 0.1) is 11.1 Å². The Morgan fingerprint density at radius 2 is 2.42 bits per heavy atom. The fraction of sp³-hybridized carbons (Fsp3) is 0.500. The van der Waals surface area contributed by atoms with E-state index in [1.54, 1.807) is 24.1 Å². The van der Waals surface area contributed by atoms with Gasteiger partial charge >= 0.3 is 0 Å². The first kappa shape index (κ1) is 14.0. The molecule has 0 aromatic carbocycles. The zero-order valence-corrected chi connectivity index (χ0v) is 11.5. The summed E-state index contributed by atoms with van der Waals surface area (Å²) in [5.41, 5.74) is 2.62. The fourth-order valence-electron chi connectivity index (χ4n) is 2.14. The Morgan fingerprint density at radius 3 is 3.11 bits per heavy atom. The number of likely N-dealkylation sites (tertiary alicyclic amines) is 1. The van der Waals surface area contributed by atoms with Gasteiger partial charge in [0, 0.05) is 20.2 Å². The van der Waals surface area contributed by atoms with Crippen LogP contribution in [0.1, 0.15) is 23.3 Å². The predicted octanol–water partition coefficient (Wildman–Crippen LogP) is 1.27. The molecule has 1 unspecified atom stereocenters. The van der Waals surface area contributed by atoms with Gasteiger partial charge in [0.1, 0.15) is 11.5 Å². The molecule has 0 saturated carbocycles. The van der Waals surface area contributed by atoms with Crippen LogP contribution >= 0.6 is 11.6 Å². The number of hydrogen-bond acceptors (Lipinski definition) is 5. The van der Waals surface area contributed by atoms with Crippen LogP contribution in [-0.2, 0) is 4.74 Å². The van der Waals surface area contributed by atoms with Crippen LogP contribution in [0.15, 0.2) is 12.1 Å². The summed E-state index contributed by atoms with van der Waals surface area (Å²) in [5, 5.41) is 0.323. The molecule has 1 aliphatic rings. The first-order valence-electron chi connectivity index (χ1n) is 6.11. The van der Waals surface area contributed by atoms with E-state index in [1.165, 1.54) is 0 Å². The number of methoxy groups -OCH3 is 1. The number of nitrogens with one attached hydrogen (secondary N) is 1. The van der Waals surface area contributed by atoms with Crippen molar-refractivity contribution in [2.45, 2.75) is 18.9 Å². The number of hydrazine groups is 1. The summed E-state index contributed by atoms with van der Waals surface area (Å²) >= 11 is 6.03. The molecule has 1 aromatic heterocycles. The second-order valence-electron chi connectivity index (χ2n) is 4.42. The summed E-state index contributed by atoms with van der Waals surface area (Å²) in [4.78, 5) is 18.2. The van der Waals surface area contributed by atoms with Crippen LogP contribution in [0.25, 0.3) is 0 Å². The molecule has 1 aliphatic heterocycles. The van der Waals surface area contributed by atoms with Crippen LogP contribution in [0.3, 0.4) is 0 Å². The molecule has 0 bridgehead atoms. The average Bonchev–Trinajstić information content (AvgIpc) is 2.47. The Kier molecular flexibility index (Phi) is 4.57. The number of hydrogen-bond donors (Lipinski definition) is 2. The van der Waals surface area contributed by atoms with Gasteiger partial charge < -0.3 is 15.1 Å². The lowest BCUT2D eigenvalue weighted by Gasteiger charge is -2.31. The molecule has 0 spiro atoms. The van der Waals surface area contributed by atoms with E-state index in [0.717, 1.165) is 12.8 Å². The van der Waals surface area contributed by atoms with Gasteiger partial charge in [-0.25, -0.2) is 10.8 Å². The summed E-state index contributed by atoms with van der Waals surface area (Å²) in [6.07, 6.45) is 1.95. The SMILES string of the molecule is COC1CCCN(C(=O)c2nc(NN)ccc2Cl)C1. The first-order valence-corrected chi connectivity index (χ1v) is 6.48. The van der Waals surface area contributed by atoms with Crippen LogP contribution < -0.4 is 11.3 Å². The third-order valence-electron chi connectivity index (χ3n) is 3.20. The Morgan fingerprint density at radius 1 is 1.63 bits per heavy atom. The van der Waals surface area contributed by atoms with Crippen molar-refractivity contribution in [2.75, 3.05) is 25.6 Å². The van der Waals surface area contributed by atoms with E-state index in [4.69, 9.17) is 22.2 Å². The molecule has 1 aromatic rings. The molecule has 19 heavy (non-hydrogen) atoms. The van der Waals surface area contributed by atoms with E-state index >= 15 is 0 Å². The lowest BCUT2D eigenvalue weighted by Crippen LogP contribution is -2.43. The molecule has 0 radical (unpaired) electrons. The van der Waals surface area contributed by atoms with Crippen molar-refractivity contribution in [3.63, 3.8) is 0 Å². The summed E-state index contributed by atoms with van der Waals surface area (Å²) < 4.78 is 5.30. The summed E-state index contributed by atoms with van der Waals surface area (Å²) in [6, 6.07) is 3.22.